The molecule has 1 aliphatic carbocycles. The summed E-state index contributed by atoms with van der Waals surface area (Å²) in [5.41, 5.74) is 3.95. The van der Waals surface area contributed by atoms with Crippen molar-refractivity contribution in [3.05, 3.63) is 83.7 Å². The highest BCUT2D eigenvalue weighted by Crippen LogP contribution is 2.39. The van der Waals surface area contributed by atoms with Gasteiger partial charge in [0.2, 0.25) is 0 Å². The van der Waals surface area contributed by atoms with Crippen LogP contribution in [0.1, 0.15) is 109 Å². The minimum Gasteiger partial charge on any atom is -0.465 e. The number of hydrogen-bond donors (Lipinski definition) is 0. The molecule has 4 rings (SSSR count). The second kappa shape index (κ2) is 18.6. The lowest BCUT2D eigenvalue weighted by molar-refractivity contribution is -0.157. The molecule has 1 fully saturated rings. The van der Waals surface area contributed by atoms with Gasteiger partial charge in [-0.2, -0.15) is 0 Å². The number of unbranched alkanes of at least 4 members (excludes halogenated alkanes) is 2. The van der Waals surface area contributed by atoms with Gasteiger partial charge in [0.05, 0.1) is 18.6 Å². The third-order valence-corrected chi connectivity index (χ3v) is 10.4. The molecule has 0 heterocycles. The van der Waals surface area contributed by atoms with Crippen LogP contribution in [0, 0.1) is 23.1 Å². The molecule has 1 atom stereocenters. The van der Waals surface area contributed by atoms with Crippen LogP contribution in [0.2, 0.25) is 0 Å². The zero-order valence-corrected chi connectivity index (χ0v) is 31.5. The van der Waals surface area contributed by atoms with Crippen LogP contribution in [0.5, 0.6) is 0 Å². The zero-order chi connectivity index (χ0) is 36.3. The van der Waals surface area contributed by atoms with Crippen LogP contribution in [0.15, 0.2) is 66.7 Å². The molecule has 3 aromatic carbocycles. The van der Waals surface area contributed by atoms with Crippen molar-refractivity contribution in [1.82, 2.24) is 4.90 Å². The topological polar surface area (TPSA) is 55.8 Å². The van der Waals surface area contributed by atoms with E-state index in [1.807, 2.05) is 38.9 Å². The van der Waals surface area contributed by atoms with Crippen LogP contribution in [-0.4, -0.2) is 50.7 Å². The van der Waals surface area contributed by atoms with Crippen molar-refractivity contribution in [1.29, 1.82) is 0 Å². The molecule has 50 heavy (non-hydrogen) atoms. The van der Waals surface area contributed by atoms with E-state index in [4.69, 9.17) is 9.47 Å². The largest absolute Gasteiger partial charge is 0.465 e. The van der Waals surface area contributed by atoms with E-state index >= 15 is 0 Å². The molecule has 0 spiro atoms. The number of nitrogens with zero attached hydrogens (tertiary/aromatic N) is 1. The Morgan fingerprint density at radius 2 is 1.56 bits per heavy atom. The summed E-state index contributed by atoms with van der Waals surface area (Å²) in [4.78, 5) is 26.9. The molecule has 0 N–H and O–H groups in total. The summed E-state index contributed by atoms with van der Waals surface area (Å²) in [5.74, 6) is 0.458. The predicted octanol–water partition coefficient (Wildman–Crippen LogP) is 10.7. The van der Waals surface area contributed by atoms with Crippen molar-refractivity contribution in [2.24, 2.45) is 17.3 Å². The van der Waals surface area contributed by atoms with Crippen molar-refractivity contribution in [3.63, 3.8) is 0 Å². The van der Waals surface area contributed by atoms with Gasteiger partial charge in [0.15, 0.2) is 0 Å². The van der Waals surface area contributed by atoms with Crippen LogP contribution in [-0.2, 0) is 25.5 Å². The Morgan fingerprint density at radius 3 is 2.24 bits per heavy atom. The fourth-order valence-corrected chi connectivity index (χ4v) is 7.45. The van der Waals surface area contributed by atoms with Gasteiger partial charge in [0, 0.05) is 18.0 Å². The molecule has 1 saturated carbocycles. The SMILES string of the molecule is C=C(C)C(=O)OCC(CCCC1CCC(c2ccc3cc(-c4ccc(CCCCC)c(F)c4)ccc3c2)CC1)COC(=O)C(C)(C)CN(C)C. The number of hydrogen-bond acceptors (Lipinski definition) is 5. The summed E-state index contributed by atoms with van der Waals surface area (Å²) >= 11 is 0. The van der Waals surface area contributed by atoms with Gasteiger partial charge in [-0.3, -0.25) is 4.79 Å². The van der Waals surface area contributed by atoms with Gasteiger partial charge in [0.1, 0.15) is 5.82 Å². The second-order valence-electron chi connectivity index (χ2n) is 15.7. The maximum absolute atomic E-state index is 14.8. The van der Waals surface area contributed by atoms with Gasteiger partial charge in [-0.1, -0.05) is 81.7 Å². The molecule has 0 aromatic heterocycles. The molecule has 1 unspecified atom stereocenters. The molecule has 0 bridgehead atoms. The lowest BCUT2D eigenvalue weighted by Crippen LogP contribution is -2.37. The second-order valence-corrected chi connectivity index (χ2v) is 15.7. The van der Waals surface area contributed by atoms with E-state index in [1.54, 1.807) is 13.0 Å². The van der Waals surface area contributed by atoms with E-state index in [-0.39, 0.29) is 30.9 Å². The molecule has 6 heteroatoms. The summed E-state index contributed by atoms with van der Waals surface area (Å²) in [7, 11) is 3.89. The molecular formula is C44H60FNO4. The van der Waals surface area contributed by atoms with Crippen LogP contribution < -0.4 is 0 Å². The zero-order valence-electron chi connectivity index (χ0n) is 31.5. The average Bonchev–Trinajstić information content (AvgIpc) is 3.08. The van der Waals surface area contributed by atoms with Gasteiger partial charge in [-0.25, -0.2) is 9.18 Å². The summed E-state index contributed by atoms with van der Waals surface area (Å²) in [5, 5.41) is 2.41. The van der Waals surface area contributed by atoms with E-state index in [1.165, 1.54) is 42.0 Å². The maximum atomic E-state index is 14.8. The van der Waals surface area contributed by atoms with Crippen molar-refractivity contribution >= 4 is 22.7 Å². The summed E-state index contributed by atoms with van der Waals surface area (Å²) in [6, 6.07) is 19.0. The number of rotatable bonds is 18. The summed E-state index contributed by atoms with van der Waals surface area (Å²) in [6.07, 6.45) is 11.8. The Bertz CT molecular complexity index is 1590. The number of carbonyl (C=O) groups is 2. The van der Waals surface area contributed by atoms with Gasteiger partial charge < -0.3 is 14.4 Å². The van der Waals surface area contributed by atoms with E-state index in [0.29, 0.717) is 24.0 Å². The van der Waals surface area contributed by atoms with Gasteiger partial charge in [-0.05, 0) is 137 Å². The van der Waals surface area contributed by atoms with Crippen LogP contribution in [0.25, 0.3) is 21.9 Å². The molecular weight excluding hydrogens is 625 g/mol. The molecule has 0 amide bonds. The first-order valence-corrected chi connectivity index (χ1v) is 18.8. The molecule has 0 saturated heterocycles. The van der Waals surface area contributed by atoms with Crippen LogP contribution >= 0.6 is 0 Å². The van der Waals surface area contributed by atoms with E-state index < -0.39 is 11.4 Å². The van der Waals surface area contributed by atoms with Crippen molar-refractivity contribution in [2.45, 2.75) is 104 Å². The molecule has 0 radical (unpaired) electrons. The number of halogens is 1. The van der Waals surface area contributed by atoms with Gasteiger partial charge >= 0.3 is 11.9 Å². The average molecular weight is 686 g/mol. The molecule has 0 aliphatic heterocycles. The predicted molar refractivity (Wildman–Crippen MR) is 204 cm³/mol. The third kappa shape index (κ3) is 11.5. The number of benzene rings is 3. The first-order chi connectivity index (χ1) is 23.9. The standard InChI is InChI=1S/C44H60FNO4/c1-8-9-10-14-35-19-20-40(27-41(35)45)39-24-23-37-25-36(21-22-38(37)26-39)34-17-15-32(16-18-34)12-11-13-33(28-49-42(47)31(2)3)29-50-43(48)44(4,5)30-46(6)7/h19-27,32-34H,2,8-18,28-30H2,1,3-7H3. The fraction of sp³-hybridized carbons (Fsp3) is 0.545. The lowest BCUT2D eigenvalue weighted by atomic mass is 9.76. The van der Waals surface area contributed by atoms with Crippen molar-refractivity contribution in [3.8, 4) is 11.1 Å². The van der Waals surface area contributed by atoms with E-state index in [2.05, 4.69) is 56.0 Å². The Morgan fingerprint density at radius 1 is 0.900 bits per heavy atom. The molecule has 272 valence electrons. The minimum absolute atomic E-state index is 0.0409. The fourth-order valence-electron chi connectivity index (χ4n) is 7.45. The smallest absolute Gasteiger partial charge is 0.333 e. The third-order valence-electron chi connectivity index (χ3n) is 10.4. The monoisotopic (exact) mass is 685 g/mol. The Hall–Kier alpha value is -3.51. The Kier molecular flexibility index (Phi) is 14.6. The molecule has 1 aliphatic rings. The number of fused-ring (bicyclic) bond motifs is 1. The highest BCUT2D eigenvalue weighted by molar-refractivity contribution is 5.88. The quantitative estimate of drug-likeness (QED) is 0.0758. The Balaban J connectivity index is 1.28. The maximum Gasteiger partial charge on any atom is 0.333 e. The summed E-state index contributed by atoms with van der Waals surface area (Å²) < 4.78 is 26.1. The van der Waals surface area contributed by atoms with E-state index in [9.17, 15) is 14.0 Å². The number of ether oxygens (including phenoxy) is 2. The lowest BCUT2D eigenvalue weighted by Gasteiger charge is -2.29. The van der Waals surface area contributed by atoms with Crippen molar-refractivity contribution < 1.29 is 23.5 Å². The number of aryl methyl sites for hydroxylation is 1. The minimum atomic E-state index is -0.615. The van der Waals surface area contributed by atoms with Gasteiger partial charge in [0.25, 0.3) is 0 Å². The summed E-state index contributed by atoms with van der Waals surface area (Å²) in [6.45, 7) is 12.4. The van der Waals surface area contributed by atoms with E-state index in [0.717, 1.165) is 61.6 Å². The van der Waals surface area contributed by atoms with Crippen LogP contribution in [0.4, 0.5) is 4.39 Å². The first-order valence-electron chi connectivity index (χ1n) is 18.8. The highest BCUT2D eigenvalue weighted by atomic mass is 19.1. The molecule has 5 nitrogen and oxygen atoms in total. The number of esters is 2. The molecule has 3 aromatic rings. The highest BCUT2D eigenvalue weighted by Gasteiger charge is 2.31. The van der Waals surface area contributed by atoms with Crippen molar-refractivity contribution in [2.75, 3.05) is 33.9 Å². The first kappa shape index (κ1) is 39.3. The van der Waals surface area contributed by atoms with Crippen LogP contribution in [0.3, 0.4) is 0 Å². The Labute approximate surface area is 300 Å². The van der Waals surface area contributed by atoms with Gasteiger partial charge in [-0.15, -0.1) is 0 Å². The number of carbonyl (C=O) groups excluding carboxylic acids is 2. The normalized spacial score (nSPS) is 17.1.